The van der Waals surface area contributed by atoms with Gasteiger partial charge in [-0.2, -0.15) is 0 Å². The van der Waals surface area contributed by atoms with Gasteiger partial charge in [0.25, 0.3) is 0 Å². The lowest BCUT2D eigenvalue weighted by atomic mass is 9.93. The van der Waals surface area contributed by atoms with Crippen molar-refractivity contribution in [1.82, 2.24) is 9.80 Å². The average molecular weight is 316 g/mol. The first kappa shape index (κ1) is 16.3. The summed E-state index contributed by atoms with van der Waals surface area (Å²) in [4.78, 5) is 16.9. The molecule has 126 valence electrons. The first-order valence-corrected chi connectivity index (χ1v) is 8.78. The fourth-order valence-corrected chi connectivity index (χ4v) is 3.42. The van der Waals surface area contributed by atoms with Gasteiger partial charge in [-0.15, -0.1) is 0 Å². The number of amides is 1. The number of fused-ring (bicyclic) bond motifs is 1. The number of likely N-dealkylation sites (N-methyl/N-ethyl adjacent to an activating group) is 1. The monoisotopic (exact) mass is 316 g/mol. The molecule has 1 amide bonds. The van der Waals surface area contributed by atoms with Crippen LogP contribution in [0.25, 0.3) is 0 Å². The molecule has 0 aliphatic carbocycles. The molecule has 1 aromatic rings. The molecule has 0 saturated carbocycles. The first-order chi connectivity index (χ1) is 11.0. The minimum Gasteiger partial charge on any atom is -0.488 e. The lowest BCUT2D eigenvalue weighted by molar-refractivity contribution is -0.132. The number of carbonyl (C=O) groups is 1. The van der Waals surface area contributed by atoms with E-state index in [0.29, 0.717) is 6.42 Å². The van der Waals surface area contributed by atoms with E-state index in [1.807, 2.05) is 17.0 Å². The van der Waals surface area contributed by atoms with Crippen LogP contribution in [0.4, 0.5) is 0 Å². The van der Waals surface area contributed by atoms with Crippen molar-refractivity contribution in [1.29, 1.82) is 0 Å². The van der Waals surface area contributed by atoms with Crippen LogP contribution in [0.5, 0.6) is 5.75 Å². The van der Waals surface area contributed by atoms with E-state index < -0.39 is 0 Å². The number of aryl methyl sites for hydroxylation is 1. The number of hydrogen-bond acceptors (Lipinski definition) is 3. The third-order valence-electron chi connectivity index (χ3n) is 5.04. The van der Waals surface area contributed by atoms with Gasteiger partial charge in [-0.3, -0.25) is 4.79 Å². The summed E-state index contributed by atoms with van der Waals surface area (Å²) in [5.74, 6) is 1.23. The van der Waals surface area contributed by atoms with Gasteiger partial charge in [0.05, 0.1) is 6.42 Å². The molecule has 0 aromatic heterocycles. The number of benzene rings is 1. The predicted molar refractivity (Wildman–Crippen MR) is 91.9 cm³/mol. The van der Waals surface area contributed by atoms with Gasteiger partial charge in [0.15, 0.2) is 0 Å². The Morgan fingerprint density at radius 3 is 2.65 bits per heavy atom. The van der Waals surface area contributed by atoms with Crippen molar-refractivity contribution in [3.05, 3.63) is 29.3 Å². The minimum atomic E-state index is -0.0801. The second-order valence-corrected chi connectivity index (χ2v) is 7.30. The summed E-state index contributed by atoms with van der Waals surface area (Å²) in [7, 11) is 0. The van der Waals surface area contributed by atoms with E-state index in [-0.39, 0.29) is 11.5 Å². The zero-order valence-corrected chi connectivity index (χ0v) is 14.6. The average Bonchev–Trinajstić information content (AvgIpc) is 2.54. The second kappa shape index (κ2) is 6.52. The van der Waals surface area contributed by atoms with E-state index in [2.05, 4.69) is 31.7 Å². The van der Waals surface area contributed by atoms with Crippen molar-refractivity contribution in [3.8, 4) is 5.75 Å². The van der Waals surface area contributed by atoms with Gasteiger partial charge in [-0.05, 0) is 50.4 Å². The molecular formula is C19H28N2O2. The van der Waals surface area contributed by atoms with Crippen LogP contribution in [0.2, 0.25) is 0 Å². The van der Waals surface area contributed by atoms with E-state index in [0.717, 1.165) is 56.9 Å². The highest BCUT2D eigenvalue weighted by molar-refractivity contribution is 5.79. The molecule has 3 rings (SSSR count). The van der Waals surface area contributed by atoms with Crippen LogP contribution in [0.1, 0.15) is 38.3 Å². The maximum Gasteiger partial charge on any atom is 0.227 e. The van der Waals surface area contributed by atoms with E-state index in [1.54, 1.807) is 0 Å². The van der Waals surface area contributed by atoms with Crippen LogP contribution in [-0.4, -0.2) is 54.0 Å². The largest absolute Gasteiger partial charge is 0.488 e. The fourth-order valence-electron chi connectivity index (χ4n) is 3.42. The SMILES string of the molecule is CCN1CCN(C(=O)Cc2ccc3c(c2)CCC(C)(C)O3)CC1. The summed E-state index contributed by atoms with van der Waals surface area (Å²) in [6, 6.07) is 6.24. The second-order valence-electron chi connectivity index (χ2n) is 7.30. The van der Waals surface area contributed by atoms with Gasteiger partial charge in [-0.25, -0.2) is 0 Å². The van der Waals surface area contributed by atoms with E-state index >= 15 is 0 Å². The highest BCUT2D eigenvalue weighted by atomic mass is 16.5. The van der Waals surface area contributed by atoms with Crippen LogP contribution in [-0.2, 0) is 17.6 Å². The van der Waals surface area contributed by atoms with Crippen LogP contribution < -0.4 is 4.74 Å². The maximum absolute atomic E-state index is 12.5. The van der Waals surface area contributed by atoms with Gasteiger partial charge in [0.1, 0.15) is 11.4 Å². The smallest absolute Gasteiger partial charge is 0.227 e. The third-order valence-corrected chi connectivity index (χ3v) is 5.04. The number of rotatable bonds is 3. The number of nitrogens with zero attached hydrogens (tertiary/aromatic N) is 2. The quantitative estimate of drug-likeness (QED) is 0.859. The summed E-state index contributed by atoms with van der Waals surface area (Å²) >= 11 is 0. The Balaban J connectivity index is 1.62. The predicted octanol–water partition coefficient (Wildman–Crippen LogP) is 2.50. The molecule has 0 atom stereocenters. The van der Waals surface area contributed by atoms with Gasteiger partial charge in [0.2, 0.25) is 5.91 Å². The molecule has 23 heavy (non-hydrogen) atoms. The topological polar surface area (TPSA) is 32.8 Å². The van der Waals surface area contributed by atoms with Crippen molar-refractivity contribution in [2.75, 3.05) is 32.7 Å². The molecular weight excluding hydrogens is 288 g/mol. The Morgan fingerprint density at radius 2 is 1.96 bits per heavy atom. The molecule has 1 saturated heterocycles. The van der Waals surface area contributed by atoms with Crippen molar-refractivity contribution >= 4 is 5.91 Å². The molecule has 4 heteroatoms. The minimum absolute atomic E-state index is 0.0801. The molecule has 2 aliphatic rings. The summed E-state index contributed by atoms with van der Waals surface area (Å²) in [5.41, 5.74) is 2.27. The third kappa shape index (κ3) is 3.86. The molecule has 2 heterocycles. The number of piperazine rings is 1. The van der Waals surface area contributed by atoms with Gasteiger partial charge >= 0.3 is 0 Å². The summed E-state index contributed by atoms with van der Waals surface area (Å²) in [6.45, 7) is 11.2. The number of hydrogen-bond donors (Lipinski definition) is 0. The standard InChI is InChI=1S/C19H28N2O2/c1-4-20-9-11-21(12-10-20)18(22)14-15-5-6-17-16(13-15)7-8-19(2,3)23-17/h5-6,13H,4,7-12,14H2,1-3H3. The maximum atomic E-state index is 12.5. The fraction of sp³-hybridized carbons (Fsp3) is 0.632. The Hall–Kier alpha value is -1.55. The zero-order valence-electron chi connectivity index (χ0n) is 14.6. The molecule has 0 radical (unpaired) electrons. The highest BCUT2D eigenvalue weighted by Gasteiger charge is 2.27. The lowest BCUT2D eigenvalue weighted by Crippen LogP contribution is -2.48. The molecule has 0 unspecified atom stereocenters. The Labute approximate surface area is 139 Å². The van der Waals surface area contributed by atoms with Crippen LogP contribution in [0.15, 0.2) is 18.2 Å². The van der Waals surface area contributed by atoms with Gasteiger partial charge in [0, 0.05) is 26.2 Å². The molecule has 2 aliphatic heterocycles. The Morgan fingerprint density at radius 1 is 1.22 bits per heavy atom. The molecule has 1 fully saturated rings. The van der Waals surface area contributed by atoms with E-state index in [4.69, 9.17) is 4.74 Å². The first-order valence-electron chi connectivity index (χ1n) is 8.78. The Kier molecular flexibility index (Phi) is 4.62. The van der Waals surface area contributed by atoms with Crippen LogP contribution in [0, 0.1) is 0 Å². The normalized spacial score (nSPS) is 20.7. The van der Waals surface area contributed by atoms with Gasteiger partial charge in [-0.1, -0.05) is 19.1 Å². The van der Waals surface area contributed by atoms with E-state index in [9.17, 15) is 4.79 Å². The van der Waals surface area contributed by atoms with Crippen LogP contribution in [0.3, 0.4) is 0 Å². The van der Waals surface area contributed by atoms with Crippen molar-refractivity contribution in [2.45, 2.75) is 45.6 Å². The molecule has 1 aromatic carbocycles. The summed E-state index contributed by atoms with van der Waals surface area (Å²) in [6.07, 6.45) is 2.55. The lowest BCUT2D eigenvalue weighted by Gasteiger charge is -2.34. The van der Waals surface area contributed by atoms with Crippen LogP contribution >= 0.6 is 0 Å². The zero-order chi connectivity index (χ0) is 16.4. The Bertz CT molecular complexity index is 575. The molecule has 0 spiro atoms. The molecule has 0 N–H and O–H groups in total. The van der Waals surface area contributed by atoms with Crippen molar-refractivity contribution in [2.24, 2.45) is 0 Å². The summed E-state index contributed by atoms with van der Waals surface area (Å²) in [5, 5.41) is 0. The van der Waals surface area contributed by atoms with E-state index in [1.165, 1.54) is 5.56 Å². The van der Waals surface area contributed by atoms with Crippen molar-refractivity contribution < 1.29 is 9.53 Å². The summed E-state index contributed by atoms with van der Waals surface area (Å²) < 4.78 is 6.02. The molecule has 0 bridgehead atoms. The number of ether oxygens (including phenoxy) is 1. The highest BCUT2D eigenvalue weighted by Crippen LogP contribution is 2.33. The number of carbonyl (C=O) groups excluding carboxylic acids is 1. The van der Waals surface area contributed by atoms with Gasteiger partial charge < -0.3 is 14.5 Å². The molecule has 4 nitrogen and oxygen atoms in total. The van der Waals surface area contributed by atoms with Crippen molar-refractivity contribution in [3.63, 3.8) is 0 Å².